The van der Waals surface area contributed by atoms with E-state index in [0.717, 1.165) is 24.8 Å². The number of likely N-dealkylation sites (tertiary alicyclic amines) is 1. The Labute approximate surface area is 154 Å². The van der Waals surface area contributed by atoms with Gasteiger partial charge in [-0.15, -0.1) is 0 Å². The molecule has 1 saturated heterocycles. The van der Waals surface area contributed by atoms with Gasteiger partial charge in [0.05, 0.1) is 5.92 Å². The fraction of sp³-hybridized carbons (Fsp3) is 0.842. The summed E-state index contributed by atoms with van der Waals surface area (Å²) in [5.41, 5.74) is -0.114. The zero-order chi connectivity index (χ0) is 18.1. The fourth-order valence-corrected chi connectivity index (χ4v) is 4.93. The van der Waals surface area contributed by atoms with Crippen molar-refractivity contribution in [1.29, 1.82) is 0 Å². The van der Waals surface area contributed by atoms with Crippen molar-refractivity contribution in [2.45, 2.75) is 64.0 Å². The predicted octanol–water partition coefficient (Wildman–Crippen LogP) is 0.915. The lowest BCUT2D eigenvalue weighted by atomic mass is 9.94. The van der Waals surface area contributed by atoms with Crippen LogP contribution in [0.15, 0.2) is 4.79 Å². The lowest BCUT2D eigenvalue weighted by Crippen LogP contribution is -2.44. The first-order chi connectivity index (χ1) is 12.6. The van der Waals surface area contributed by atoms with Gasteiger partial charge >= 0.3 is 5.69 Å². The van der Waals surface area contributed by atoms with Crippen molar-refractivity contribution in [3.8, 4) is 0 Å². The second-order valence-electron chi connectivity index (χ2n) is 8.33. The van der Waals surface area contributed by atoms with Crippen LogP contribution in [0.2, 0.25) is 0 Å². The summed E-state index contributed by atoms with van der Waals surface area (Å²) in [6.45, 7) is 3.61. The highest BCUT2D eigenvalue weighted by atomic mass is 16.2. The minimum absolute atomic E-state index is 0.102. The Kier molecular flexibility index (Phi) is 5.16. The Balaban J connectivity index is 1.23. The molecule has 4 rings (SSSR count). The van der Waals surface area contributed by atoms with Crippen LogP contribution in [-0.4, -0.2) is 50.8 Å². The van der Waals surface area contributed by atoms with Gasteiger partial charge in [-0.25, -0.2) is 9.48 Å². The Morgan fingerprint density at radius 1 is 1.15 bits per heavy atom. The third-order valence-corrected chi connectivity index (χ3v) is 6.63. The Morgan fingerprint density at radius 2 is 1.88 bits per heavy atom. The van der Waals surface area contributed by atoms with Gasteiger partial charge < -0.3 is 10.2 Å². The monoisotopic (exact) mass is 361 g/mol. The number of aryl methyl sites for hydroxylation is 2. The molecule has 1 aromatic rings. The largest absolute Gasteiger partial charge is 0.356 e. The van der Waals surface area contributed by atoms with Crippen LogP contribution >= 0.6 is 0 Å². The first kappa shape index (κ1) is 17.8. The standard InChI is InChI=1S/C19H31N5O2/c1-22-19(26)24-13-15(6-7-17(24)21-22)18(25)20-12-14-8-10-23(11-9-14)16-4-2-3-5-16/h14-16H,2-13H2,1H3,(H,20,25). The van der Waals surface area contributed by atoms with Crippen molar-refractivity contribution in [1.82, 2.24) is 24.6 Å². The van der Waals surface area contributed by atoms with Crippen LogP contribution in [0.4, 0.5) is 0 Å². The van der Waals surface area contributed by atoms with E-state index in [0.29, 0.717) is 18.9 Å². The van der Waals surface area contributed by atoms with E-state index in [-0.39, 0.29) is 17.5 Å². The van der Waals surface area contributed by atoms with Gasteiger partial charge in [-0.2, -0.15) is 5.10 Å². The van der Waals surface area contributed by atoms with E-state index in [1.165, 1.54) is 56.3 Å². The smallest absolute Gasteiger partial charge is 0.345 e. The number of fused-ring (bicyclic) bond motifs is 1. The minimum atomic E-state index is -0.114. The summed E-state index contributed by atoms with van der Waals surface area (Å²) < 4.78 is 3.03. The molecule has 1 saturated carbocycles. The van der Waals surface area contributed by atoms with Gasteiger partial charge in [0.1, 0.15) is 5.82 Å². The molecule has 1 N–H and O–H groups in total. The van der Waals surface area contributed by atoms with Gasteiger partial charge in [-0.3, -0.25) is 9.36 Å². The van der Waals surface area contributed by atoms with Crippen LogP contribution in [0.1, 0.15) is 50.8 Å². The van der Waals surface area contributed by atoms with Gasteiger partial charge in [0.2, 0.25) is 5.91 Å². The number of rotatable bonds is 4. The third-order valence-electron chi connectivity index (χ3n) is 6.63. The van der Waals surface area contributed by atoms with E-state index >= 15 is 0 Å². The summed E-state index contributed by atoms with van der Waals surface area (Å²) in [6, 6.07) is 0.819. The Hall–Kier alpha value is -1.63. The van der Waals surface area contributed by atoms with E-state index in [2.05, 4.69) is 15.3 Å². The highest BCUT2D eigenvalue weighted by Gasteiger charge is 2.30. The van der Waals surface area contributed by atoms with Crippen LogP contribution in [0, 0.1) is 11.8 Å². The van der Waals surface area contributed by atoms with E-state index in [1.54, 1.807) is 11.6 Å². The summed E-state index contributed by atoms with van der Waals surface area (Å²) in [7, 11) is 1.67. The number of hydrogen-bond acceptors (Lipinski definition) is 4. The molecule has 1 atom stereocenters. The number of carbonyl (C=O) groups excluding carboxylic acids is 1. The molecule has 1 aromatic heterocycles. The molecule has 1 amide bonds. The molecule has 0 radical (unpaired) electrons. The number of piperidine rings is 1. The molecular formula is C19H31N5O2. The summed E-state index contributed by atoms with van der Waals surface area (Å²) >= 11 is 0. The zero-order valence-electron chi connectivity index (χ0n) is 15.8. The second-order valence-corrected chi connectivity index (χ2v) is 8.33. The topological polar surface area (TPSA) is 72.2 Å². The highest BCUT2D eigenvalue weighted by molar-refractivity contribution is 5.78. The highest BCUT2D eigenvalue weighted by Crippen LogP contribution is 2.27. The molecule has 3 heterocycles. The quantitative estimate of drug-likeness (QED) is 0.865. The maximum absolute atomic E-state index is 12.6. The van der Waals surface area contributed by atoms with Crippen LogP contribution in [0.25, 0.3) is 0 Å². The van der Waals surface area contributed by atoms with E-state index in [1.807, 2.05) is 0 Å². The lowest BCUT2D eigenvalue weighted by Gasteiger charge is -2.36. The minimum Gasteiger partial charge on any atom is -0.356 e. The molecule has 7 nitrogen and oxygen atoms in total. The average molecular weight is 361 g/mol. The first-order valence-corrected chi connectivity index (χ1v) is 10.3. The molecular weight excluding hydrogens is 330 g/mol. The van der Waals surface area contributed by atoms with Gasteiger partial charge in [0.25, 0.3) is 0 Å². The maximum Gasteiger partial charge on any atom is 0.345 e. The number of nitrogens with one attached hydrogen (secondary N) is 1. The molecule has 0 spiro atoms. The van der Waals surface area contributed by atoms with Crippen molar-refractivity contribution in [2.75, 3.05) is 19.6 Å². The summed E-state index contributed by atoms with van der Waals surface area (Å²) in [6.07, 6.45) is 9.39. The van der Waals surface area contributed by atoms with Gasteiger partial charge in [0, 0.05) is 32.6 Å². The zero-order valence-corrected chi connectivity index (χ0v) is 15.8. The SMILES string of the molecule is Cn1nc2n(c1=O)CC(C(=O)NCC1CCN(C3CCCC3)CC1)CC2. The average Bonchev–Trinajstić information content (AvgIpc) is 3.29. The molecule has 3 aliphatic rings. The lowest BCUT2D eigenvalue weighted by molar-refractivity contribution is -0.126. The molecule has 1 unspecified atom stereocenters. The van der Waals surface area contributed by atoms with Crippen molar-refractivity contribution in [3.63, 3.8) is 0 Å². The van der Waals surface area contributed by atoms with Crippen LogP contribution in [0.3, 0.4) is 0 Å². The van der Waals surface area contributed by atoms with Gasteiger partial charge in [-0.1, -0.05) is 12.8 Å². The van der Waals surface area contributed by atoms with E-state index in [9.17, 15) is 9.59 Å². The maximum atomic E-state index is 12.6. The number of nitrogens with zero attached hydrogens (tertiary/aromatic N) is 4. The van der Waals surface area contributed by atoms with Crippen LogP contribution < -0.4 is 11.0 Å². The van der Waals surface area contributed by atoms with Gasteiger partial charge in [0.15, 0.2) is 0 Å². The van der Waals surface area contributed by atoms with Crippen molar-refractivity contribution < 1.29 is 4.79 Å². The van der Waals surface area contributed by atoms with Crippen LogP contribution in [-0.2, 0) is 24.8 Å². The van der Waals surface area contributed by atoms with Crippen molar-refractivity contribution in [2.24, 2.45) is 18.9 Å². The number of amides is 1. The number of aromatic nitrogens is 3. The normalized spacial score (nSPS) is 25.3. The molecule has 1 aliphatic carbocycles. The first-order valence-electron chi connectivity index (χ1n) is 10.3. The van der Waals surface area contributed by atoms with Crippen molar-refractivity contribution in [3.05, 3.63) is 16.3 Å². The third kappa shape index (κ3) is 3.59. The molecule has 7 heteroatoms. The number of carbonyl (C=O) groups is 1. The number of hydrogen-bond donors (Lipinski definition) is 1. The molecule has 0 aromatic carbocycles. The molecule has 144 valence electrons. The Bertz CT molecular complexity index is 695. The second kappa shape index (κ2) is 7.55. The van der Waals surface area contributed by atoms with E-state index in [4.69, 9.17) is 0 Å². The summed E-state index contributed by atoms with van der Waals surface area (Å²) in [4.78, 5) is 27.3. The summed E-state index contributed by atoms with van der Waals surface area (Å²) in [5, 5.41) is 7.40. The van der Waals surface area contributed by atoms with Crippen LogP contribution in [0.5, 0.6) is 0 Å². The Morgan fingerprint density at radius 3 is 2.62 bits per heavy atom. The van der Waals surface area contributed by atoms with Crippen molar-refractivity contribution >= 4 is 5.91 Å². The molecule has 0 bridgehead atoms. The fourth-order valence-electron chi connectivity index (χ4n) is 4.93. The predicted molar refractivity (Wildman–Crippen MR) is 98.8 cm³/mol. The molecule has 2 aliphatic heterocycles. The molecule has 2 fully saturated rings. The van der Waals surface area contributed by atoms with E-state index < -0.39 is 0 Å². The molecule has 26 heavy (non-hydrogen) atoms. The summed E-state index contributed by atoms with van der Waals surface area (Å²) in [5.74, 6) is 1.39. The van der Waals surface area contributed by atoms with Gasteiger partial charge in [-0.05, 0) is 51.1 Å².